The summed E-state index contributed by atoms with van der Waals surface area (Å²) in [6, 6.07) is 0. The van der Waals surface area contributed by atoms with E-state index in [0.29, 0.717) is 0 Å². The van der Waals surface area contributed by atoms with E-state index in [9.17, 15) is 8.78 Å². The standard InChI is InChI=1S/C13H18F2/c1-4-7-12(5-2)10-11(3)8-6-9-13(14)15/h4,6-8,10,13H,1,5,9H2,2-3H3/b8-6-,11-10+,12-7-. The lowest BCUT2D eigenvalue weighted by atomic mass is 10.1. The monoisotopic (exact) mass is 212 g/mol. The highest BCUT2D eigenvalue weighted by Gasteiger charge is 1.96. The Labute approximate surface area is 90.7 Å². The maximum Gasteiger partial charge on any atom is 0.242 e. The minimum atomic E-state index is -2.26. The van der Waals surface area contributed by atoms with Crippen molar-refractivity contribution in [1.82, 2.24) is 0 Å². The van der Waals surface area contributed by atoms with E-state index in [2.05, 4.69) is 6.58 Å². The molecule has 15 heavy (non-hydrogen) atoms. The fraction of sp³-hybridized carbons (Fsp3) is 0.385. The highest BCUT2D eigenvalue weighted by atomic mass is 19.3. The van der Waals surface area contributed by atoms with Crippen LogP contribution in [-0.2, 0) is 0 Å². The largest absolute Gasteiger partial charge is 0.242 e. The number of alkyl halides is 2. The Hall–Kier alpha value is -1.18. The molecule has 0 spiro atoms. The first kappa shape index (κ1) is 13.8. The van der Waals surface area contributed by atoms with E-state index in [0.717, 1.165) is 17.6 Å². The van der Waals surface area contributed by atoms with Gasteiger partial charge in [-0.2, -0.15) is 0 Å². The van der Waals surface area contributed by atoms with Crippen molar-refractivity contribution in [2.45, 2.75) is 33.1 Å². The van der Waals surface area contributed by atoms with Gasteiger partial charge < -0.3 is 0 Å². The van der Waals surface area contributed by atoms with Gasteiger partial charge in [0, 0.05) is 6.42 Å². The molecule has 0 heterocycles. The highest BCUT2D eigenvalue weighted by Crippen LogP contribution is 2.09. The highest BCUT2D eigenvalue weighted by molar-refractivity contribution is 5.30. The van der Waals surface area contributed by atoms with Crippen LogP contribution in [0.2, 0.25) is 0 Å². The second-order valence-corrected chi connectivity index (χ2v) is 3.25. The Balaban J connectivity index is 4.35. The van der Waals surface area contributed by atoms with Crippen LogP contribution in [0.4, 0.5) is 8.78 Å². The van der Waals surface area contributed by atoms with Gasteiger partial charge in [-0.1, -0.05) is 49.5 Å². The maximum absolute atomic E-state index is 11.8. The van der Waals surface area contributed by atoms with Crippen LogP contribution in [0.25, 0.3) is 0 Å². The van der Waals surface area contributed by atoms with Gasteiger partial charge in [-0.05, 0) is 18.9 Å². The van der Waals surface area contributed by atoms with E-state index < -0.39 is 6.43 Å². The molecule has 0 aliphatic heterocycles. The molecule has 0 unspecified atom stereocenters. The van der Waals surface area contributed by atoms with Crippen LogP contribution < -0.4 is 0 Å². The molecule has 0 aliphatic carbocycles. The lowest BCUT2D eigenvalue weighted by molar-refractivity contribution is 0.152. The average Bonchev–Trinajstić information content (AvgIpc) is 2.16. The molecule has 0 aromatic carbocycles. The Morgan fingerprint density at radius 3 is 2.53 bits per heavy atom. The molecule has 0 N–H and O–H groups in total. The van der Waals surface area contributed by atoms with Gasteiger partial charge in [0.25, 0.3) is 0 Å². The molecular formula is C13H18F2. The molecule has 84 valence electrons. The summed E-state index contributed by atoms with van der Waals surface area (Å²) in [5.74, 6) is 0. The third kappa shape index (κ3) is 7.86. The molecule has 0 atom stereocenters. The first-order valence-corrected chi connectivity index (χ1v) is 5.04. The molecule has 0 nitrogen and oxygen atoms in total. The summed E-state index contributed by atoms with van der Waals surface area (Å²) in [5, 5.41) is 0. The second kappa shape index (κ2) is 8.16. The summed E-state index contributed by atoms with van der Waals surface area (Å²) >= 11 is 0. The van der Waals surface area contributed by atoms with E-state index in [-0.39, 0.29) is 6.42 Å². The van der Waals surface area contributed by atoms with Gasteiger partial charge in [-0.3, -0.25) is 0 Å². The van der Waals surface area contributed by atoms with Crippen molar-refractivity contribution < 1.29 is 8.78 Å². The third-order valence-electron chi connectivity index (χ3n) is 1.85. The number of halogens is 2. The lowest BCUT2D eigenvalue weighted by Crippen LogP contribution is -1.84. The SMILES string of the molecule is C=C\C=C(/C=C(C)/C=C\CC(F)F)CC. The number of allylic oxidation sites excluding steroid dienone is 7. The second-order valence-electron chi connectivity index (χ2n) is 3.25. The van der Waals surface area contributed by atoms with Crippen LogP contribution in [0.1, 0.15) is 26.7 Å². The molecule has 0 radical (unpaired) electrons. The van der Waals surface area contributed by atoms with E-state index >= 15 is 0 Å². The van der Waals surface area contributed by atoms with Gasteiger partial charge in [0.05, 0.1) is 0 Å². The zero-order valence-corrected chi connectivity index (χ0v) is 9.34. The Bertz CT molecular complexity index is 270. The van der Waals surface area contributed by atoms with Gasteiger partial charge in [0.15, 0.2) is 0 Å². The Morgan fingerprint density at radius 2 is 2.07 bits per heavy atom. The molecule has 0 aromatic rings. The zero-order valence-electron chi connectivity index (χ0n) is 9.34. The van der Waals surface area contributed by atoms with Crippen molar-refractivity contribution in [2.75, 3.05) is 0 Å². The molecule has 0 bridgehead atoms. The summed E-state index contributed by atoms with van der Waals surface area (Å²) < 4.78 is 23.7. The topological polar surface area (TPSA) is 0 Å². The summed E-state index contributed by atoms with van der Waals surface area (Å²) in [6.45, 7) is 7.56. The molecule has 0 aliphatic rings. The Morgan fingerprint density at radius 1 is 1.40 bits per heavy atom. The van der Waals surface area contributed by atoms with E-state index in [1.807, 2.05) is 26.0 Å². The van der Waals surface area contributed by atoms with E-state index in [4.69, 9.17) is 0 Å². The normalized spacial score (nSPS) is 13.9. The molecule has 0 rings (SSSR count). The summed E-state index contributed by atoms with van der Waals surface area (Å²) in [5.41, 5.74) is 2.12. The predicted molar refractivity (Wildman–Crippen MR) is 62.1 cm³/mol. The van der Waals surface area contributed by atoms with Crippen LogP contribution in [0.3, 0.4) is 0 Å². The first-order valence-electron chi connectivity index (χ1n) is 5.04. The fourth-order valence-electron chi connectivity index (χ4n) is 1.12. The molecular weight excluding hydrogens is 194 g/mol. The van der Waals surface area contributed by atoms with Gasteiger partial charge in [0.1, 0.15) is 0 Å². The molecule has 0 amide bonds. The van der Waals surface area contributed by atoms with Crippen LogP contribution in [0.5, 0.6) is 0 Å². The van der Waals surface area contributed by atoms with Crippen LogP contribution in [0.15, 0.2) is 48.1 Å². The quantitative estimate of drug-likeness (QED) is 0.561. The summed E-state index contributed by atoms with van der Waals surface area (Å²) in [7, 11) is 0. The van der Waals surface area contributed by atoms with Crippen LogP contribution in [0, 0.1) is 0 Å². The van der Waals surface area contributed by atoms with Gasteiger partial charge in [-0.15, -0.1) is 0 Å². The summed E-state index contributed by atoms with van der Waals surface area (Å²) in [4.78, 5) is 0. The predicted octanol–water partition coefficient (Wildman–Crippen LogP) is 4.67. The van der Waals surface area contributed by atoms with Crippen molar-refractivity contribution in [3.63, 3.8) is 0 Å². The molecule has 0 fully saturated rings. The zero-order chi connectivity index (χ0) is 11.7. The van der Waals surface area contributed by atoms with E-state index in [1.165, 1.54) is 6.08 Å². The minimum absolute atomic E-state index is 0.183. The van der Waals surface area contributed by atoms with Crippen molar-refractivity contribution in [3.05, 3.63) is 48.1 Å². The molecule has 0 aromatic heterocycles. The summed E-state index contributed by atoms with van der Waals surface area (Å²) in [6.07, 6.45) is 7.31. The van der Waals surface area contributed by atoms with Crippen molar-refractivity contribution in [3.8, 4) is 0 Å². The number of hydrogen-bond acceptors (Lipinski definition) is 0. The van der Waals surface area contributed by atoms with Gasteiger partial charge in [-0.25, -0.2) is 8.78 Å². The van der Waals surface area contributed by atoms with E-state index in [1.54, 1.807) is 12.2 Å². The minimum Gasteiger partial charge on any atom is -0.210 e. The Kier molecular flexibility index (Phi) is 7.51. The van der Waals surface area contributed by atoms with Crippen LogP contribution >= 0.6 is 0 Å². The molecule has 0 saturated heterocycles. The van der Waals surface area contributed by atoms with Crippen LogP contribution in [-0.4, -0.2) is 6.43 Å². The van der Waals surface area contributed by atoms with Gasteiger partial charge in [0.2, 0.25) is 6.43 Å². The molecule has 0 saturated carbocycles. The van der Waals surface area contributed by atoms with Gasteiger partial charge >= 0.3 is 0 Å². The number of rotatable bonds is 6. The molecule has 2 heteroatoms. The first-order chi connectivity index (χ1) is 7.10. The van der Waals surface area contributed by atoms with Crippen molar-refractivity contribution in [2.24, 2.45) is 0 Å². The average molecular weight is 212 g/mol. The van der Waals surface area contributed by atoms with Crippen molar-refractivity contribution >= 4 is 0 Å². The fourth-order valence-corrected chi connectivity index (χ4v) is 1.12. The number of hydrogen-bond donors (Lipinski definition) is 0. The third-order valence-corrected chi connectivity index (χ3v) is 1.85. The van der Waals surface area contributed by atoms with Crippen molar-refractivity contribution in [1.29, 1.82) is 0 Å². The smallest absolute Gasteiger partial charge is 0.210 e. The maximum atomic E-state index is 11.8. The lowest BCUT2D eigenvalue weighted by Gasteiger charge is -1.97.